The van der Waals surface area contributed by atoms with Crippen molar-refractivity contribution < 1.29 is 18.5 Å². The van der Waals surface area contributed by atoms with E-state index in [0.29, 0.717) is 18.6 Å². The van der Waals surface area contributed by atoms with Crippen LogP contribution in [0.15, 0.2) is 29.2 Å². The van der Waals surface area contributed by atoms with Crippen molar-refractivity contribution in [2.45, 2.75) is 17.7 Å². The first-order valence-electron chi connectivity index (χ1n) is 5.26. The van der Waals surface area contributed by atoms with Gasteiger partial charge in [-0.25, -0.2) is 0 Å². The summed E-state index contributed by atoms with van der Waals surface area (Å²) in [6, 6.07) is 7.08. The molecule has 0 saturated carbocycles. The van der Waals surface area contributed by atoms with Gasteiger partial charge >= 0.3 is 5.97 Å². The van der Waals surface area contributed by atoms with Gasteiger partial charge in [0.25, 0.3) is 0 Å². The van der Waals surface area contributed by atoms with E-state index in [1.807, 2.05) is 0 Å². The van der Waals surface area contributed by atoms with Gasteiger partial charge in [0.2, 0.25) is 0 Å². The summed E-state index contributed by atoms with van der Waals surface area (Å²) in [6.45, 7) is 0. The zero-order valence-electron chi connectivity index (χ0n) is 9.97. The average Bonchev–Trinajstić information content (AvgIpc) is 2.38. The predicted molar refractivity (Wildman–Crippen MR) is 65.5 cm³/mol. The molecule has 0 saturated heterocycles. The van der Waals surface area contributed by atoms with Gasteiger partial charge in [-0.1, -0.05) is 0 Å². The van der Waals surface area contributed by atoms with E-state index in [-0.39, 0.29) is 5.97 Å². The van der Waals surface area contributed by atoms with E-state index in [1.54, 1.807) is 31.4 Å². The van der Waals surface area contributed by atoms with Gasteiger partial charge in [0.15, 0.2) is 0 Å². The van der Waals surface area contributed by atoms with E-state index in [2.05, 4.69) is 4.74 Å². The second-order valence-corrected chi connectivity index (χ2v) is 4.98. The van der Waals surface area contributed by atoms with Gasteiger partial charge in [-0.3, -0.25) is 9.00 Å². The average molecular weight is 256 g/mol. The van der Waals surface area contributed by atoms with Gasteiger partial charge < -0.3 is 9.47 Å². The molecule has 0 amide bonds. The highest BCUT2D eigenvalue weighted by molar-refractivity contribution is 7.85. The molecule has 0 aliphatic rings. The lowest BCUT2D eigenvalue weighted by Crippen LogP contribution is -2.04. The largest absolute Gasteiger partial charge is 0.497 e. The third-order valence-electron chi connectivity index (χ3n) is 2.26. The minimum absolute atomic E-state index is 0.267. The second-order valence-electron chi connectivity index (χ2n) is 3.40. The molecule has 94 valence electrons. The normalized spacial score (nSPS) is 11.9. The lowest BCUT2D eigenvalue weighted by molar-refractivity contribution is -0.140. The molecule has 5 heteroatoms. The number of benzene rings is 1. The first kappa shape index (κ1) is 13.7. The fourth-order valence-corrected chi connectivity index (χ4v) is 2.38. The van der Waals surface area contributed by atoms with Crippen molar-refractivity contribution in [1.82, 2.24) is 0 Å². The summed E-state index contributed by atoms with van der Waals surface area (Å²) in [5.74, 6) is 0.929. The number of rotatable bonds is 6. The Balaban J connectivity index is 2.44. The van der Waals surface area contributed by atoms with Crippen molar-refractivity contribution in [2.75, 3.05) is 20.0 Å². The zero-order chi connectivity index (χ0) is 12.7. The highest BCUT2D eigenvalue weighted by Crippen LogP contribution is 2.15. The van der Waals surface area contributed by atoms with Crippen LogP contribution in [-0.2, 0) is 20.3 Å². The van der Waals surface area contributed by atoms with Crippen LogP contribution in [0.5, 0.6) is 5.75 Å². The van der Waals surface area contributed by atoms with E-state index in [1.165, 1.54) is 7.11 Å². The van der Waals surface area contributed by atoms with Crippen LogP contribution >= 0.6 is 0 Å². The van der Waals surface area contributed by atoms with Crippen LogP contribution in [0.4, 0.5) is 0 Å². The van der Waals surface area contributed by atoms with E-state index in [4.69, 9.17) is 4.74 Å². The van der Waals surface area contributed by atoms with Gasteiger partial charge in [0.1, 0.15) is 5.75 Å². The Bertz CT molecular complexity index is 386. The molecule has 0 aromatic heterocycles. The minimum Gasteiger partial charge on any atom is -0.497 e. The topological polar surface area (TPSA) is 52.6 Å². The van der Waals surface area contributed by atoms with Crippen molar-refractivity contribution in [2.24, 2.45) is 0 Å². The molecule has 0 fully saturated rings. The van der Waals surface area contributed by atoms with Crippen molar-refractivity contribution in [3.63, 3.8) is 0 Å². The van der Waals surface area contributed by atoms with Crippen LogP contribution in [0.25, 0.3) is 0 Å². The van der Waals surface area contributed by atoms with Gasteiger partial charge in [-0.05, 0) is 30.7 Å². The summed E-state index contributed by atoms with van der Waals surface area (Å²) in [4.78, 5) is 11.6. The van der Waals surface area contributed by atoms with Gasteiger partial charge in [0.05, 0.1) is 25.0 Å². The third-order valence-corrected chi connectivity index (χ3v) is 3.72. The SMILES string of the molecule is COC(=O)CCCS(=O)c1ccc(OC)cc1. The molecule has 0 N–H and O–H groups in total. The molecule has 1 aromatic carbocycles. The Morgan fingerprint density at radius 2 is 1.88 bits per heavy atom. The van der Waals surface area contributed by atoms with Gasteiger partial charge in [0, 0.05) is 17.1 Å². The van der Waals surface area contributed by atoms with Crippen molar-refractivity contribution in [3.8, 4) is 5.75 Å². The predicted octanol–water partition coefficient (Wildman–Crippen LogP) is 1.76. The molecule has 0 aliphatic heterocycles. The molecule has 1 rings (SSSR count). The molecule has 1 atom stereocenters. The van der Waals surface area contributed by atoms with Crippen LogP contribution in [-0.4, -0.2) is 30.2 Å². The lowest BCUT2D eigenvalue weighted by atomic mass is 10.3. The van der Waals surface area contributed by atoms with Crippen LogP contribution < -0.4 is 4.74 Å². The maximum atomic E-state index is 11.8. The third kappa shape index (κ3) is 4.56. The molecule has 0 heterocycles. The Hall–Kier alpha value is -1.36. The van der Waals surface area contributed by atoms with Gasteiger partial charge in [-0.15, -0.1) is 0 Å². The number of esters is 1. The van der Waals surface area contributed by atoms with Crippen LogP contribution in [0.2, 0.25) is 0 Å². The molecule has 4 nitrogen and oxygen atoms in total. The van der Waals surface area contributed by atoms with Crippen molar-refractivity contribution >= 4 is 16.8 Å². The number of carbonyl (C=O) groups is 1. The van der Waals surface area contributed by atoms with E-state index in [9.17, 15) is 9.00 Å². The van der Waals surface area contributed by atoms with Crippen LogP contribution in [0, 0.1) is 0 Å². The first-order valence-corrected chi connectivity index (χ1v) is 6.58. The number of hydrogen-bond acceptors (Lipinski definition) is 4. The second kappa shape index (κ2) is 7.06. The van der Waals surface area contributed by atoms with Crippen molar-refractivity contribution in [1.29, 1.82) is 0 Å². The molecular formula is C12H16O4S. The highest BCUT2D eigenvalue weighted by atomic mass is 32.2. The first-order chi connectivity index (χ1) is 8.17. The molecule has 0 bridgehead atoms. The fourth-order valence-electron chi connectivity index (χ4n) is 1.30. The summed E-state index contributed by atoms with van der Waals surface area (Å²) in [6.07, 6.45) is 0.865. The molecule has 17 heavy (non-hydrogen) atoms. The van der Waals surface area contributed by atoms with Crippen LogP contribution in [0.1, 0.15) is 12.8 Å². The number of methoxy groups -OCH3 is 2. The quantitative estimate of drug-likeness (QED) is 0.728. The molecule has 0 aliphatic carbocycles. The maximum Gasteiger partial charge on any atom is 0.305 e. The fraction of sp³-hybridized carbons (Fsp3) is 0.417. The standard InChI is InChI=1S/C12H16O4S/c1-15-10-5-7-11(8-6-10)17(14)9-3-4-12(13)16-2/h5-8H,3-4,9H2,1-2H3. The summed E-state index contributed by atoms with van der Waals surface area (Å²) >= 11 is 0. The molecule has 1 aromatic rings. The highest BCUT2D eigenvalue weighted by Gasteiger charge is 2.06. The Kier molecular flexibility index (Phi) is 5.69. The summed E-state index contributed by atoms with van der Waals surface area (Å²) in [5, 5.41) is 0. The summed E-state index contributed by atoms with van der Waals surface area (Å²) < 4.78 is 21.4. The number of carbonyl (C=O) groups excluding carboxylic acids is 1. The minimum atomic E-state index is -1.08. The summed E-state index contributed by atoms with van der Waals surface area (Å²) in [7, 11) is 1.86. The molecular weight excluding hydrogens is 240 g/mol. The monoisotopic (exact) mass is 256 g/mol. The summed E-state index contributed by atoms with van der Waals surface area (Å²) in [5.41, 5.74) is 0. The van der Waals surface area contributed by atoms with Crippen LogP contribution in [0.3, 0.4) is 0 Å². The Morgan fingerprint density at radius 3 is 2.41 bits per heavy atom. The van der Waals surface area contributed by atoms with Crippen molar-refractivity contribution in [3.05, 3.63) is 24.3 Å². The Labute approximate surface area is 103 Å². The van der Waals surface area contributed by atoms with Gasteiger partial charge in [-0.2, -0.15) is 0 Å². The van der Waals surface area contributed by atoms with E-state index < -0.39 is 10.8 Å². The zero-order valence-corrected chi connectivity index (χ0v) is 10.8. The maximum absolute atomic E-state index is 11.8. The lowest BCUT2D eigenvalue weighted by Gasteiger charge is -2.03. The molecule has 0 spiro atoms. The number of hydrogen-bond donors (Lipinski definition) is 0. The number of ether oxygens (including phenoxy) is 2. The Morgan fingerprint density at radius 1 is 1.24 bits per heavy atom. The smallest absolute Gasteiger partial charge is 0.305 e. The van der Waals surface area contributed by atoms with E-state index >= 15 is 0 Å². The molecule has 1 unspecified atom stereocenters. The van der Waals surface area contributed by atoms with E-state index in [0.717, 1.165) is 10.6 Å². The molecule has 0 radical (unpaired) electrons.